The second-order valence-electron chi connectivity index (χ2n) is 11.6. The molecule has 9 N–H and O–H groups in total. The molecule has 0 saturated carbocycles. The van der Waals surface area contributed by atoms with E-state index in [1.165, 1.54) is 0 Å². The summed E-state index contributed by atoms with van der Waals surface area (Å²) in [6.07, 6.45) is 10.2. The van der Waals surface area contributed by atoms with Crippen molar-refractivity contribution in [2.24, 2.45) is 11.7 Å². The van der Waals surface area contributed by atoms with Gasteiger partial charge in [0.05, 0.1) is 24.3 Å². The third-order valence-electron chi connectivity index (χ3n) is 8.16. The second-order valence-corrected chi connectivity index (χ2v) is 11.6. The lowest BCUT2D eigenvalue weighted by Crippen LogP contribution is -2.59. The highest BCUT2D eigenvalue weighted by Crippen LogP contribution is 2.26. The average Bonchev–Trinajstić information content (AvgIpc) is 2.78. The molecule has 2 rings (SSSR count). The van der Waals surface area contributed by atoms with Gasteiger partial charge in [-0.25, -0.2) is 0 Å². The highest BCUT2D eigenvalue weighted by molar-refractivity contribution is 5.68. The molecule has 2 aliphatic heterocycles. The van der Waals surface area contributed by atoms with Gasteiger partial charge < -0.3 is 42.1 Å². The predicted molar refractivity (Wildman–Crippen MR) is 138 cm³/mol. The Bertz CT molecular complexity index is 627. The van der Waals surface area contributed by atoms with E-state index in [1.807, 2.05) is 6.92 Å². The van der Waals surface area contributed by atoms with Crippen LogP contribution >= 0.6 is 0 Å². The van der Waals surface area contributed by atoms with Gasteiger partial charge in [0, 0.05) is 30.8 Å². The largest absolute Gasteiger partial charge is 0.481 e. The van der Waals surface area contributed by atoms with Gasteiger partial charge in [-0.3, -0.25) is 4.79 Å². The van der Waals surface area contributed by atoms with Crippen LogP contribution in [-0.2, 0) is 4.79 Å². The molecule has 0 aromatic heterocycles. The number of hydrogen-bond donors (Lipinski definition) is 8. The summed E-state index contributed by atoms with van der Waals surface area (Å²) in [6, 6.07) is 0.677. The molecule has 2 saturated heterocycles. The quantitative estimate of drug-likeness (QED) is 0.147. The van der Waals surface area contributed by atoms with Crippen molar-refractivity contribution >= 4 is 5.97 Å². The van der Waals surface area contributed by atoms with Crippen molar-refractivity contribution in [2.75, 3.05) is 19.7 Å². The maximum absolute atomic E-state index is 11.4. The fraction of sp³-hybridized carbons (Fsp3) is 0.962. The molecule has 0 aromatic carbocycles. The third kappa shape index (κ3) is 11.4. The van der Waals surface area contributed by atoms with Crippen LogP contribution in [0.1, 0.15) is 97.3 Å². The summed E-state index contributed by atoms with van der Waals surface area (Å²) >= 11 is 0. The first-order chi connectivity index (χ1) is 16.5. The van der Waals surface area contributed by atoms with Gasteiger partial charge in [-0.1, -0.05) is 25.7 Å². The molecule has 7 unspecified atom stereocenters. The van der Waals surface area contributed by atoms with Gasteiger partial charge >= 0.3 is 5.97 Å². The van der Waals surface area contributed by atoms with Crippen LogP contribution in [0.15, 0.2) is 0 Å². The van der Waals surface area contributed by atoms with E-state index in [0.717, 1.165) is 64.3 Å². The normalized spacial score (nSPS) is 32.2. The Morgan fingerprint density at radius 1 is 1.23 bits per heavy atom. The van der Waals surface area contributed by atoms with E-state index in [0.29, 0.717) is 25.3 Å². The molecular weight excluding hydrogens is 448 g/mol. The summed E-state index contributed by atoms with van der Waals surface area (Å²) in [7, 11) is 0. The van der Waals surface area contributed by atoms with Crippen LogP contribution in [0.5, 0.6) is 0 Å². The summed E-state index contributed by atoms with van der Waals surface area (Å²) in [5.74, 6) is -0.945. The number of nitrogens with one attached hydrogen (secondary N) is 3. The van der Waals surface area contributed by atoms with Gasteiger partial charge in [0.1, 0.15) is 0 Å². The van der Waals surface area contributed by atoms with Crippen LogP contribution in [0.25, 0.3) is 0 Å². The number of carbonyl (C=O) groups is 1. The molecule has 35 heavy (non-hydrogen) atoms. The van der Waals surface area contributed by atoms with Crippen LogP contribution < -0.4 is 21.7 Å². The number of aliphatic carboxylic acids is 1. The Hall–Kier alpha value is -0.810. The topological polar surface area (TPSA) is 160 Å². The fourth-order valence-corrected chi connectivity index (χ4v) is 5.65. The van der Waals surface area contributed by atoms with E-state index in [2.05, 4.69) is 22.9 Å². The monoisotopic (exact) mass is 500 g/mol. The van der Waals surface area contributed by atoms with E-state index in [-0.39, 0.29) is 49.3 Å². The van der Waals surface area contributed by atoms with Gasteiger partial charge in [-0.05, 0) is 77.7 Å². The summed E-state index contributed by atoms with van der Waals surface area (Å²) in [4.78, 5) is 11.4. The van der Waals surface area contributed by atoms with Crippen LogP contribution in [0.3, 0.4) is 0 Å². The Kier molecular flexibility index (Phi) is 12.9. The van der Waals surface area contributed by atoms with Crippen molar-refractivity contribution < 1.29 is 25.2 Å². The highest BCUT2D eigenvalue weighted by atomic mass is 16.4. The Balaban J connectivity index is 1.68. The first-order valence-electron chi connectivity index (χ1n) is 13.8. The van der Waals surface area contributed by atoms with Gasteiger partial charge in [0.25, 0.3) is 0 Å². The summed E-state index contributed by atoms with van der Waals surface area (Å²) in [5, 5.41) is 50.3. The summed E-state index contributed by atoms with van der Waals surface area (Å²) < 4.78 is 0. The van der Waals surface area contributed by atoms with E-state index in [1.54, 1.807) is 0 Å². The Morgan fingerprint density at radius 3 is 2.63 bits per heavy atom. The number of nitrogens with two attached hydrogens (primary N) is 1. The standard InChI is InChI=1S/C26H52N4O5/c1-19-22(32)10-9-21(30-19)8-6-4-3-5-7-20(17-31)11-12-26(35,16-24(33)34)18-29-25(2)13-14-28-23(27)15-25/h19-23,28-32,35H,3-18,27H2,1-2H3,(H,33,34). The maximum atomic E-state index is 11.4. The number of aliphatic hydroxyl groups is 3. The predicted octanol–water partition coefficient (Wildman–Crippen LogP) is 1.44. The number of β-amino-alcohol motifs (C(OH)–C–C–N with tert-alkyl or cyclic N) is 1. The number of carboxylic acids is 1. The van der Waals surface area contributed by atoms with Crippen LogP contribution in [0.4, 0.5) is 0 Å². The SMILES string of the molecule is CC1NC(CCCCCCC(CO)CCC(O)(CNC2(C)CCNC(N)C2)CC(=O)O)CCC1O. The molecule has 0 radical (unpaired) electrons. The zero-order valence-corrected chi connectivity index (χ0v) is 22.0. The highest BCUT2D eigenvalue weighted by Gasteiger charge is 2.36. The minimum atomic E-state index is -1.35. The molecule has 7 atom stereocenters. The van der Waals surface area contributed by atoms with E-state index in [9.17, 15) is 25.2 Å². The van der Waals surface area contributed by atoms with Gasteiger partial charge in [0.15, 0.2) is 0 Å². The Morgan fingerprint density at radius 2 is 1.97 bits per heavy atom. The molecule has 9 nitrogen and oxygen atoms in total. The Labute approximate surface area is 211 Å². The second kappa shape index (κ2) is 14.8. The molecule has 2 fully saturated rings. The summed E-state index contributed by atoms with van der Waals surface area (Å²) in [6.45, 7) is 5.16. The van der Waals surface area contributed by atoms with E-state index < -0.39 is 11.6 Å². The average molecular weight is 501 g/mol. The molecule has 0 bridgehead atoms. The van der Waals surface area contributed by atoms with Crippen molar-refractivity contribution in [3.8, 4) is 0 Å². The van der Waals surface area contributed by atoms with Crippen molar-refractivity contribution in [1.29, 1.82) is 0 Å². The molecule has 0 aromatic rings. The minimum Gasteiger partial charge on any atom is -0.481 e. The number of carboxylic acid groups (broad SMARTS) is 1. The van der Waals surface area contributed by atoms with Gasteiger partial charge in [0.2, 0.25) is 0 Å². The van der Waals surface area contributed by atoms with Crippen molar-refractivity contribution in [2.45, 2.75) is 133 Å². The minimum absolute atomic E-state index is 0.0566. The first kappa shape index (κ1) is 30.4. The van der Waals surface area contributed by atoms with Crippen molar-refractivity contribution in [1.82, 2.24) is 16.0 Å². The molecule has 0 amide bonds. The fourth-order valence-electron chi connectivity index (χ4n) is 5.65. The summed E-state index contributed by atoms with van der Waals surface area (Å²) in [5.41, 5.74) is 4.43. The number of unbranched alkanes of at least 4 members (excludes halogenated alkanes) is 3. The molecule has 0 aliphatic carbocycles. The van der Waals surface area contributed by atoms with Crippen LogP contribution in [0, 0.1) is 5.92 Å². The van der Waals surface area contributed by atoms with Gasteiger partial charge in [-0.2, -0.15) is 0 Å². The molecule has 206 valence electrons. The maximum Gasteiger partial charge on any atom is 0.306 e. The molecule has 2 heterocycles. The smallest absolute Gasteiger partial charge is 0.306 e. The van der Waals surface area contributed by atoms with Gasteiger partial charge in [-0.15, -0.1) is 0 Å². The van der Waals surface area contributed by atoms with Crippen LogP contribution in [0.2, 0.25) is 0 Å². The lowest BCUT2D eigenvalue weighted by molar-refractivity contribution is -0.143. The molecule has 9 heteroatoms. The molecular formula is C26H52N4O5. The first-order valence-corrected chi connectivity index (χ1v) is 13.8. The van der Waals surface area contributed by atoms with Crippen molar-refractivity contribution in [3.05, 3.63) is 0 Å². The van der Waals surface area contributed by atoms with Crippen molar-refractivity contribution in [3.63, 3.8) is 0 Å². The van der Waals surface area contributed by atoms with E-state index in [4.69, 9.17) is 5.73 Å². The molecule has 2 aliphatic rings. The van der Waals surface area contributed by atoms with Crippen LogP contribution in [-0.4, -0.2) is 81.6 Å². The third-order valence-corrected chi connectivity index (χ3v) is 8.16. The lowest BCUT2D eigenvalue weighted by Gasteiger charge is -2.41. The zero-order chi connectivity index (χ0) is 25.9. The molecule has 0 spiro atoms. The number of aliphatic hydroxyl groups excluding tert-OH is 2. The zero-order valence-electron chi connectivity index (χ0n) is 22.0. The number of piperidine rings is 2. The number of hydrogen-bond acceptors (Lipinski definition) is 8. The lowest BCUT2D eigenvalue weighted by atomic mass is 9.84. The number of rotatable bonds is 16. The van der Waals surface area contributed by atoms with E-state index >= 15 is 0 Å².